The second-order valence-electron chi connectivity index (χ2n) is 5.13. The number of anilines is 1. The molecule has 0 amide bonds. The molecule has 0 bridgehead atoms. The summed E-state index contributed by atoms with van der Waals surface area (Å²) in [7, 11) is -3.21. The van der Waals surface area contributed by atoms with E-state index in [2.05, 4.69) is 16.2 Å². The maximum Gasteiger partial charge on any atom is 0.175 e. The Morgan fingerprint density at radius 3 is 2.35 bits per heavy atom. The first-order valence-corrected chi connectivity index (χ1v) is 8.73. The molecule has 115 valence electrons. The van der Waals surface area contributed by atoms with Gasteiger partial charge in [-0.05, 0) is 29.8 Å². The predicted octanol–water partition coefficient (Wildman–Crippen LogP) is 2.60. The molecule has 0 spiro atoms. The maximum absolute atomic E-state index is 11.5. The second-order valence-corrected chi connectivity index (χ2v) is 7.15. The molecule has 0 saturated heterocycles. The van der Waals surface area contributed by atoms with Crippen molar-refractivity contribution in [2.45, 2.75) is 4.90 Å². The zero-order valence-electron chi connectivity index (χ0n) is 12.4. The molecule has 0 aliphatic carbocycles. The molecule has 1 radical (unpaired) electrons. The maximum atomic E-state index is 11.5. The number of sulfone groups is 1. The lowest BCUT2D eigenvalue weighted by Crippen LogP contribution is -1.97. The molecule has 5 nitrogen and oxygen atoms in total. The zero-order chi connectivity index (χ0) is 16.4. The molecule has 0 fully saturated rings. The highest BCUT2D eigenvalue weighted by Gasteiger charge is 2.09. The minimum absolute atomic E-state index is 0.285. The van der Waals surface area contributed by atoms with Crippen molar-refractivity contribution in [1.82, 2.24) is 9.97 Å². The fourth-order valence-corrected chi connectivity index (χ4v) is 2.87. The van der Waals surface area contributed by atoms with Gasteiger partial charge in [-0.3, -0.25) is 4.98 Å². The summed E-state index contributed by atoms with van der Waals surface area (Å²) in [5, 5.41) is 0. The van der Waals surface area contributed by atoms with E-state index in [0.29, 0.717) is 5.82 Å². The minimum Gasteiger partial charge on any atom is -0.383 e. The minimum atomic E-state index is -3.21. The Kier molecular flexibility index (Phi) is 3.83. The summed E-state index contributed by atoms with van der Waals surface area (Å²) in [6.45, 7) is 0. The van der Waals surface area contributed by atoms with Crippen molar-refractivity contribution >= 4 is 15.7 Å². The highest BCUT2D eigenvalue weighted by atomic mass is 32.2. The number of nitrogens with zero attached hydrogens (tertiary/aromatic N) is 2. The topological polar surface area (TPSA) is 85.9 Å². The lowest BCUT2D eigenvalue weighted by molar-refractivity contribution is 0.602. The summed E-state index contributed by atoms with van der Waals surface area (Å²) in [6, 6.07) is 12.2. The van der Waals surface area contributed by atoms with Gasteiger partial charge in [0.25, 0.3) is 0 Å². The van der Waals surface area contributed by atoms with Gasteiger partial charge in [-0.2, -0.15) is 0 Å². The van der Waals surface area contributed by atoms with E-state index >= 15 is 0 Å². The average molecular weight is 324 g/mol. The normalized spacial score (nSPS) is 11.3. The molecule has 0 aliphatic rings. The SMILES string of the molecule is CS(=O)(=O)c1ccc(-c2cnc(N)c(-c3cc[c]nc3)c2)cc1. The first kappa shape index (κ1) is 15.2. The monoisotopic (exact) mass is 324 g/mol. The first-order chi connectivity index (χ1) is 10.9. The van der Waals surface area contributed by atoms with Gasteiger partial charge in [0.15, 0.2) is 9.84 Å². The number of hydrogen-bond acceptors (Lipinski definition) is 5. The summed E-state index contributed by atoms with van der Waals surface area (Å²) >= 11 is 0. The Hall–Kier alpha value is -2.73. The number of pyridine rings is 2. The van der Waals surface area contributed by atoms with Crippen molar-refractivity contribution in [1.29, 1.82) is 0 Å². The van der Waals surface area contributed by atoms with Crippen LogP contribution >= 0.6 is 0 Å². The average Bonchev–Trinajstić information content (AvgIpc) is 2.55. The van der Waals surface area contributed by atoms with Gasteiger partial charge in [0.2, 0.25) is 0 Å². The molecule has 0 aliphatic heterocycles. The Labute approximate surface area is 134 Å². The quantitative estimate of drug-likeness (QED) is 0.800. The van der Waals surface area contributed by atoms with Crippen LogP contribution < -0.4 is 5.73 Å². The van der Waals surface area contributed by atoms with Crippen molar-refractivity contribution in [3.05, 3.63) is 61.1 Å². The highest BCUT2D eigenvalue weighted by molar-refractivity contribution is 7.90. The molecular formula is C17H14N3O2S. The summed E-state index contributed by atoms with van der Waals surface area (Å²) in [6.07, 6.45) is 7.24. The van der Waals surface area contributed by atoms with Gasteiger partial charge in [0, 0.05) is 35.3 Å². The largest absolute Gasteiger partial charge is 0.383 e. The standard InChI is InChI=1S/C17H14N3O2S/c1-23(21,22)15-6-4-12(5-7-15)14-9-16(17(18)20-11-14)13-3-2-8-19-10-13/h2-7,9-11H,1H3,(H2,18,20). The van der Waals surface area contributed by atoms with Crippen LogP contribution in [0.2, 0.25) is 0 Å². The molecule has 23 heavy (non-hydrogen) atoms. The molecule has 2 aromatic heterocycles. The molecule has 1 aromatic carbocycles. The number of hydrogen-bond donors (Lipinski definition) is 1. The van der Waals surface area contributed by atoms with Crippen LogP contribution in [-0.4, -0.2) is 24.6 Å². The smallest absolute Gasteiger partial charge is 0.175 e. The van der Waals surface area contributed by atoms with Crippen molar-refractivity contribution in [3.63, 3.8) is 0 Å². The van der Waals surface area contributed by atoms with Crippen LogP contribution in [-0.2, 0) is 9.84 Å². The number of nitrogens with two attached hydrogens (primary N) is 1. The van der Waals surface area contributed by atoms with Crippen LogP contribution in [0.3, 0.4) is 0 Å². The predicted molar refractivity (Wildman–Crippen MR) is 89.3 cm³/mol. The summed E-state index contributed by atoms with van der Waals surface area (Å²) in [4.78, 5) is 8.48. The van der Waals surface area contributed by atoms with Crippen LogP contribution in [0.1, 0.15) is 0 Å². The van der Waals surface area contributed by atoms with Crippen LogP contribution in [0, 0.1) is 6.20 Å². The number of nitrogen functional groups attached to an aromatic ring is 1. The highest BCUT2D eigenvalue weighted by Crippen LogP contribution is 2.29. The lowest BCUT2D eigenvalue weighted by Gasteiger charge is -2.08. The third kappa shape index (κ3) is 3.22. The molecule has 2 N–H and O–H groups in total. The van der Waals surface area contributed by atoms with E-state index < -0.39 is 9.84 Å². The Morgan fingerprint density at radius 2 is 1.74 bits per heavy atom. The van der Waals surface area contributed by atoms with E-state index in [1.54, 1.807) is 42.7 Å². The van der Waals surface area contributed by atoms with Gasteiger partial charge in [-0.1, -0.05) is 18.2 Å². The number of rotatable bonds is 3. The number of aromatic nitrogens is 2. The third-order valence-electron chi connectivity index (χ3n) is 3.46. The molecule has 3 rings (SSSR count). The van der Waals surface area contributed by atoms with Gasteiger partial charge in [0.1, 0.15) is 5.82 Å². The van der Waals surface area contributed by atoms with E-state index in [1.807, 2.05) is 12.1 Å². The van der Waals surface area contributed by atoms with Crippen molar-refractivity contribution in [2.75, 3.05) is 12.0 Å². The van der Waals surface area contributed by atoms with Gasteiger partial charge < -0.3 is 5.73 Å². The second kappa shape index (κ2) is 5.81. The summed E-state index contributed by atoms with van der Waals surface area (Å²) < 4.78 is 23.1. The molecule has 6 heteroatoms. The van der Waals surface area contributed by atoms with Crippen molar-refractivity contribution in [2.24, 2.45) is 0 Å². The number of benzene rings is 1. The van der Waals surface area contributed by atoms with Gasteiger partial charge >= 0.3 is 0 Å². The molecule has 0 saturated carbocycles. The fraction of sp³-hybridized carbons (Fsp3) is 0.0588. The fourth-order valence-electron chi connectivity index (χ4n) is 2.24. The molecule has 0 unspecified atom stereocenters. The summed E-state index contributed by atoms with van der Waals surface area (Å²) in [5.74, 6) is 0.412. The Bertz CT molecular complexity index is 937. The lowest BCUT2D eigenvalue weighted by atomic mass is 10.0. The zero-order valence-corrected chi connectivity index (χ0v) is 13.2. The molecule has 0 atom stereocenters. The van der Waals surface area contributed by atoms with E-state index in [0.717, 1.165) is 22.3 Å². The van der Waals surface area contributed by atoms with Gasteiger partial charge in [-0.15, -0.1) is 0 Å². The van der Waals surface area contributed by atoms with E-state index in [1.165, 1.54) is 6.26 Å². The van der Waals surface area contributed by atoms with E-state index in [9.17, 15) is 8.42 Å². The molecule has 2 heterocycles. The van der Waals surface area contributed by atoms with Crippen LogP contribution in [0.25, 0.3) is 22.3 Å². The van der Waals surface area contributed by atoms with Crippen LogP contribution in [0.4, 0.5) is 5.82 Å². The third-order valence-corrected chi connectivity index (χ3v) is 4.59. The molecule has 3 aromatic rings. The van der Waals surface area contributed by atoms with Crippen molar-refractivity contribution < 1.29 is 8.42 Å². The van der Waals surface area contributed by atoms with Crippen LogP contribution in [0.5, 0.6) is 0 Å². The Morgan fingerprint density at radius 1 is 1.00 bits per heavy atom. The van der Waals surface area contributed by atoms with E-state index in [4.69, 9.17) is 5.73 Å². The van der Waals surface area contributed by atoms with E-state index in [-0.39, 0.29) is 4.90 Å². The molecular weight excluding hydrogens is 310 g/mol. The summed E-state index contributed by atoms with van der Waals surface area (Å²) in [5.41, 5.74) is 9.29. The Balaban J connectivity index is 2.05. The van der Waals surface area contributed by atoms with Crippen molar-refractivity contribution in [3.8, 4) is 22.3 Å². The van der Waals surface area contributed by atoms with Gasteiger partial charge in [0.05, 0.1) is 11.1 Å². The van der Waals surface area contributed by atoms with Crippen LogP contribution in [0.15, 0.2) is 59.8 Å². The van der Waals surface area contributed by atoms with Gasteiger partial charge in [-0.25, -0.2) is 13.4 Å². The first-order valence-electron chi connectivity index (χ1n) is 6.83.